The summed E-state index contributed by atoms with van der Waals surface area (Å²) in [6, 6.07) is 2.10. The number of phenols is 1. The van der Waals surface area contributed by atoms with Crippen LogP contribution >= 0.6 is 11.6 Å². The van der Waals surface area contributed by atoms with Crippen molar-refractivity contribution in [2.75, 3.05) is 0 Å². The van der Waals surface area contributed by atoms with Crippen LogP contribution in [0.5, 0.6) is 5.75 Å². The van der Waals surface area contributed by atoms with Gasteiger partial charge in [0.2, 0.25) is 0 Å². The van der Waals surface area contributed by atoms with Crippen LogP contribution in [0, 0.1) is 0 Å². The molecule has 1 rings (SSSR count). The summed E-state index contributed by atoms with van der Waals surface area (Å²) < 4.78 is 24.6. The quantitative estimate of drug-likeness (QED) is 0.778. The maximum atomic E-state index is 12.3. The second kappa shape index (κ2) is 3.92. The molecule has 0 bridgehead atoms. The number of Topliss-reactive ketones (excluding diaryl/α,β-unsaturated/α-hetero) is 1. The summed E-state index contributed by atoms with van der Waals surface area (Å²) in [7, 11) is 0. The zero-order valence-corrected chi connectivity index (χ0v) is 7.98. The van der Waals surface area contributed by atoms with Gasteiger partial charge in [-0.1, -0.05) is 11.6 Å². The molecule has 0 aliphatic rings. The lowest BCUT2D eigenvalue weighted by Gasteiger charge is -2.07. The van der Waals surface area contributed by atoms with Crippen LogP contribution in [0.25, 0.3) is 0 Å². The molecule has 0 aliphatic carbocycles. The Kier molecular flexibility index (Phi) is 3.06. The fourth-order valence-corrected chi connectivity index (χ4v) is 1.28. The van der Waals surface area contributed by atoms with E-state index in [1.165, 1.54) is 6.92 Å². The molecular weight excluding hydrogens is 214 g/mol. The summed E-state index contributed by atoms with van der Waals surface area (Å²) in [6.07, 6.45) is -2.85. The lowest BCUT2D eigenvalue weighted by Crippen LogP contribution is -1.97. The highest BCUT2D eigenvalue weighted by Crippen LogP contribution is 2.34. The van der Waals surface area contributed by atoms with Crippen molar-refractivity contribution in [2.45, 2.75) is 13.3 Å². The lowest BCUT2D eigenvalue weighted by atomic mass is 10.1. The van der Waals surface area contributed by atoms with Crippen LogP contribution in [-0.4, -0.2) is 10.9 Å². The Hall–Kier alpha value is -1.16. The third-order valence-corrected chi connectivity index (χ3v) is 1.94. The maximum absolute atomic E-state index is 12.3. The molecule has 0 saturated heterocycles. The van der Waals surface area contributed by atoms with Crippen molar-refractivity contribution in [3.8, 4) is 5.75 Å². The number of hydrogen-bond acceptors (Lipinski definition) is 2. The molecule has 1 aromatic rings. The zero-order valence-electron chi connectivity index (χ0n) is 7.22. The van der Waals surface area contributed by atoms with Crippen molar-refractivity contribution in [3.63, 3.8) is 0 Å². The van der Waals surface area contributed by atoms with E-state index in [1.807, 2.05) is 0 Å². The molecule has 0 amide bonds. The largest absolute Gasteiger partial charge is 0.507 e. The summed E-state index contributed by atoms with van der Waals surface area (Å²) in [5.74, 6) is -1.20. The third kappa shape index (κ3) is 2.01. The van der Waals surface area contributed by atoms with Crippen LogP contribution in [0.4, 0.5) is 8.78 Å². The molecule has 0 atom stereocenters. The van der Waals surface area contributed by atoms with Gasteiger partial charge in [0.1, 0.15) is 5.75 Å². The van der Waals surface area contributed by atoms with Gasteiger partial charge >= 0.3 is 0 Å². The molecule has 14 heavy (non-hydrogen) atoms. The first kappa shape index (κ1) is 10.9. The smallest absolute Gasteiger partial charge is 0.267 e. The summed E-state index contributed by atoms with van der Waals surface area (Å²) in [5.41, 5.74) is -0.810. The Balaban J connectivity index is 3.40. The molecule has 0 saturated carbocycles. The molecule has 0 fully saturated rings. The molecule has 0 aliphatic heterocycles. The minimum absolute atomic E-state index is 0.00306. The van der Waals surface area contributed by atoms with Gasteiger partial charge in [-0.25, -0.2) is 8.78 Å². The van der Waals surface area contributed by atoms with E-state index in [4.69, 9.17) is 11.6 Å². The van der Waals surface area contributed by atoms with Crippen LogP contribution in [-0.2, 0) is 0 Å². The van der Waals surface area contributed by atoms with E-state index in [-0.39, 0.29) is 10.6 Å². The van der Waals surface area contributed by atoms with Crippen molar-refractivity contribution in [2.24, 2.45) is 0 Å². The first-order valence-electron chi connectivity index (χ1n) is 3.75. The Morgan fingerprint density at radius 3 is 2.50 bits per heavy atom. The average molecular weight is 221 g/mol. The highest BCUT2D eigenvalue weighted by molar-refractivity contribution is 6.31. The summed E-state index contributed by atoms with van der Waals surface area (Å²) in [6.45, 7) is 1.17. The fourth-order valence-electron chi connectivity index (χ4n) is 1.06. The minimum Gasteiger partial charge on any atom is -0.507 e. The number of ketones is 1. The van der Waals surface area contributed by atoms with Gasteiger partial charge in [-0.15, -0.1) is 0 Å². The van der Waals surface area contributed by atoms with Gasteiger partial charge in [0.25, 0.3) is 6.43 Å². The predicted molar refractivity (Wildman–Crippen MR) is 48.1 cm³/mol. The molecule has 0 aromatic heterocycles. The van der Waals surface area contributed by atoms with Crippen molar-refractivity contribution < 1.29 is 18.7 Å². The number of alkyl halides is 2. The second-order valence-electron chi connectivity index (χ2n) is 2.75. The Morgan fingerprint density at radius 2 is 2.07 bits per heavy atom. The number of phenolic OH excluding ortho intramolecular Hbond substituents is 1. The predicted octanol–water partition coefficient (Wildman–Crippen LogP) is 3.19. The number of hydrogen-bond donors (Lipinski definition) is 1. The topological polar surface area (TPSA) is 37.3 Å². The van der Waals surface area contributed by atoms with Crippen molar-refractivity contribution in [1.29, 1.82) is 0 Å². The fraction of sp³-hybridized carbons (Fsp3) is 0.222. The molecule has 0 spiro atoms. The molecule has 2 nitrogen and oxygen atoms in total. The number of rotatable bonds is 2. The minimum atomic E-state index is -2.85. The van der Waals surface area contributed by atoms with Gasteiger partial charge in [0.05, 0.1) is 11.1 Å². The van der Waals surface area contributed by atoms with Gasteiger partial charge in [0, 0.05) is 5.02 Å². The Bertz CT molecular complexity index is 377. The van der Waals surface area contributed by atoms with Crippen molar-refractivity contribution in [1.82, 2.24) is 0 Å². The highest BCUT2D eigenvalue weighted by atomic mass is 35.5. The number of carbonyl (C=O) groups excluding carboxylic acids is 1. The van der Waals surface area contributed by atoms with Gasteiger partial charge in [0.15, 0.2) is 5.78 Å². The molecular formula is C9H7ClF2O2. The van der Waals surface area contributed by atoms with Crippen molar-refractivity contribution >= 4 is 17.4 Å². The third-order valence-electron chi connectivity index (χ3n) is 1.72. The normalized spacial score (nSPS) is 10.6. The monoisotopic (exact) mass is 220 g/mol. The zero-order chi connectivity index (χ0) is 10.9. The summed E-state index contributed by atoms with van der Waals surface area (Å²) in [4.78, 5) is 10.9. The van der Waals surface area contributed by atoms with E-state index in [1.54, 1.807) is 0 Å². The SMILES string of the molecule is CC(=O)c1cc(Cl)cc(C(F)F)c1O. The molecule has 0 heterocycles. The van der Waals surface area contributed by atoms with E-state index < -0.39 is 23.5 Å². The van der Waals surface area contributed by atoms with Crippen LogP contribution in [0.1, 0.15) is 29.3 Å². The number of benzene rings is 1. The average Bonchev–Trinajstić information content (AvgIpc) is 2.07. The molecule has 1 aromatic carbocycles. The van der Waals surface area contributed by atoms with E-state index in [0.717, 1.165) is 12.1 Å². The lowest BCUT2D eigenvalue weighted by molar-refractivity contribution is 0.101. The number of aromatic hydroxyl groups is 1. The van der Waals surface area contributed by atoms with E-state index in [2.05, 4.69) is 0 Å². The first-order chi connectivity index (χ1) is 6.43. The van der Waals surface area contributed by atoms with Crippen LogP contribution < -0.4 is 0 Å². The van der Waals surface area contributed by atoms with E-state index in [0.29, 0.717) is 0 Å². The summed E-state index contributed by atoms with van der Waals surface area (Å²) in [5, 5.41) is 9.30. The maximum Gasteiger partial charge on any atom is 0.267 e. The summed E-state index contributed by atoms with van der Waals surface area (Å²) >= 11 is 5.51. The second-order valence-corrected chi connectivity index (χ2v) is 3.18. The van der Waals surface area contributed by atoms with E-state index >= 15 is 0 Å². The van der Waals surface area contributed by atoms with Gasteiger partial charge in [-0.05, 0) is 19.1 Å². The van der Waals surface area contributed by atoms with Crippen LogP contribution in [0.2, 0.25) is 5.02 Å². The molecule has 76 valence electrons. The van der Waals surface area contributed by atoms with Crippen LogP contribution in [0.3, 0.4) is 0 Å². The standard InChI is InChI=1S/C9H7ClF2O2/c1-4(13)6-2-5(10)3-7(8(6)14)9(11)12/h2-3,9,14H,1H3. The first-order valence-corrected chi connectivity index (χ1v) is 4.12. The van der Waals surface area contributed by atoms with Gasteiger partial charge < -0.3 is 5.11 Å². The van der Waals surface area contributed by atoms with Gasteiger partial charge in [-0.3, -0.25) is 4.79 Å². The number of carbonyl (C=O) groups is 1. The highest BCUT2D eigenvalue weighted by Gasteiger charge is 2.18. The van der Waals surface area contributed by atoms with E-state index in [9.17, 15) is 18.7 Å². The molecule has 1 N–H and O–H groups in total. The van der Waals surface area contributed by atoms with Crippen LogP contribution in [0.15, 0.2) is 12.1 Å². The molecule has 0 radical (unpaired) electrons. The Labute approximate surface area is 84.1 Å². The molecule has 0 unspecified atom stereocenters. The van der Waals surface area contributed by atoms with Crippen molar-refractivity contribution in [3.05, 3.63) is 28.3 Å². The Morgan fingerprint density at radius 1 is 1.50 bits per heavy atom. The molecule has 5 heteroatoms. The number of halogens is 3. The van der Waals surface area contributed by atoms with Gasteiger partial charge in [-0.2, -0.15) is 0 Å².